The molecule has 0 atom stereocenters. The van der Waals surface area contributed by atoms with Gasteiger partial charge in [-0.15, -0.1) is 0 Å². The van der Waals surface area contributed by atoms with E-state index in [0.29, 0.717) is 11.3 Å². The largest absolute Gasteiger partial charge is 0.493 e. The van der Waals surface area contributed by atoms with Crippen molar-refractivity contribution in [3.8, 4) is 11.5 Å². The lowest BCUT2D eigenvalue weighted by Gasteiger charge is -2.26. The van der Waals surface area contributed by atoms with E-state index in [1.54, 1.807) is 6.07 Å². The normalized spacial score (nSPS) is 14.8. The van der Waals surface area contributed by atoms with Gasteiger partial charge in [-0.25, -0.2) is 14.1 Å². The molecule has 0 radical (unpaired) electrons. The molecule has 1 N–H and O–H groups in total. The minimum atomic E-state index is -0.934. The Hall–Kier alpha value is -3.69. The molecule has 0 spiro atoms. The van der Waals surface area contributed by atoms with Gasteiger partial charge < -0.3 is 9.47 Å². The van der Waals surface area contributed by atoms with Crippen molar-refractivity contribution in [1.29, 1.82) is 0 Å². The molecule has 0 bridgehead atoms. The molecule has 178 valence electrons. The Morgan fingerprint density at radius 1 is 1.06 bits per heavy atom. The molecule has 1 heterocycles. The highest BCUT2D eigenvalue weighted by atomic mass is 79.9. The molecule has 7 nitrogen and oxygen atoms in total. The number of carbonyl (C=O) groups excluding carboxylic acids is 3. The summed E-state index contributed by atoms with van der Waals surface area (Å²) < 4.78 is 25.5. The van der Waals surface area contributed by atoms with E-state index in [9.17, 15) is 18.8 Å². The topological polar surface area (TPSA) is 84.9 Å². The number of halogens is 3. The van der Waals surface area contributed by atoms with Crippen LogP contribution in [-0.2, 0) is 16.2 Å². The van der Waals surface area contributed by atoms with E-state index in [1.165, 1.54) is 31.4 Å². The summed E-state index contributed by atoms with van der Waals surface area (Å²) in [5, 5.41) is 2.31. The summed E-state index contributed by atoms with van der Waals surface area (Å²) in [5.41, 5.74) is 1.08. The number of benzene rings is 3. The maximum absolute atomic E-state index is 13.3. The average Bonchev–Trinajstić information content (AvgIpc) is 2.83. The second-order valence-electron chi connectivity index (χ2n) is 7.38. The number of nitrogens with one attached hydrogen (secondary N) is 1. The van der Waals surface area contributed by atoms with E-state index in [1.807, 2.05) is 24.3 Å². The third-order valence-corrected chi connectivity index (χ3v) is 5.86. The van der Waals surface area contributed by atoms with Gasteiger partial charge in [0, 0.05) is 4.47 Å². The molecular formula is C25H17BrClFN2O5. The molecule has 35 heavy (non-hydrogen) atoms. The molecule has 1 fully saturated rings. The molecule has 0 saturated carbocycles. The van der Waals surface area contributed by atoms with Gasteiger partial charge in [-0.3, -0.25) is 14.9 Å². The van der Waals surface area contributed by atoms with Gasteiger partial charge in [0.25, 0.3) is 11.8 Å². The van der Waals surface area contributed by atoms with Crippen LogP contribution < -0.4 is 19.7 Å². The number of imide groups is 2. The fraction of sp³-hybridized carbons (Fsp3) is 0.0800. The Bertz CT molecular complexity index is 1340. The van der Waals surface area contributed by atoms with E-state index < -0.39 is 23.7 Å². The SMILES string of the molecule is COc1cc(/C=C2\C(=O)NC(=O)N(c3ccc(F)cc3)C2=O)cc(Cl)c1OCc1ccc(Br)cc1. The summed E-state index contributed by atoms with van der Waals surface area (Å²) in [6.45, 7) is 0.236. The number of urea groups is 1. The van der Waals surface area contributed by atoms with Crippen LogP contribution in [0.15, 0.2) is 70.7 Å². The van der Waals surface area contributed by atoms with Crippen molar-refractivity contribution in [3.05, 3.63) is 92.7 Å². The van der Waals surface area contributed by atoms with E-state index in [0.717, 1.165) is 27.1 Å². The third kappa shape index (κ3) is 5.36. The summed E-state index contributed by atoms with van der Waals surface area (Å²) in [7, 11) is 1.43. The van der Waals surface area contributed by atoms with Gasteiger partial charge in [0.15, 0.2) is 11.5 Å². The molecule has 0 aliphatic carbocycles. The van der Waals surface area contributed by atoms with Gasteiger partial charge in [-0.05, 0) is 65.7 Å². The van der Waals surface area contributed by atoms with Crippen molar-refractivity contribution >= 4 is 57.1 Å². The van der Waals surface area contributed by atoms with E-state index in [4.69, 9.17) is 21.1 Å². The van der Waals surface area contributed by atoms with Crippen molar-refractivity contribution < 1.29 is 28.2 Å². The van der Waals surface area contributed by atoms with Gasteiger partial charge in [0.2, 0.25) is 0 Å². The number of hydrogen-bond donors (Lipinski definition) is 1. The Morgan fingerprint density at radius 2 is 1.74 bits per heavy atom. The lowest BCUT2D eigenvalue weighted by atomic mass is 10.1. The monoisotopic (exact) mass is 558 g/mol. The number of barbiturate groups is 1. The van der Waals surface area contributed by atoms with Crippen LogP contribution in [0.25, 0.3) is 6.08 Å². The predicted octanol–water partition coefficient (Wildman–Crippen LogP) is 5.50. The summed E-state index contributed by atoms with van der Waals surface area (Å²) in [4.78, 5) is 38.5. The number of hydrogen-bond acceptors (Lipinski definition) is 5. The average molecular weight is 560 g/mol. The van der Waals surface area contributed by atoms with Crippen molar-refractivity contribution in [1.82, 2.24) is 5.32 Å². The Morgan fingerprint density at radius 3 is 2.40 bits per heavy atom. The summed E-state index contributed by atoms with van der Waals surface area (Å²) >= 11 is 9.81. The molecule has 0 unspecified atom stereocenters. The van der Waals surface area contributed by atoms with Gasteiger partial charge in [-0.2, -0.15) is 0 Å². The van der Waals surface area contributed by atoms with Crippen LogP contribution in [0.5, 0.6) is 11.5 Å². The maximum Gasteiger partial charge on any atom is 0.335 e. The van der Waals surface area contributed by atoms with Crippen LogP contribution in [0.4, 0.5) is 14.9 Å². The van der Waals surface area contributed by atoms with Crippen LogP contribution in [-0.4, -0.2) is 25.0 Å². The molecule has 3 aromatic carbocycles. The van der Waals surface area contributed by atoms with E-state index in [2.05, 4.69) is 21.2 Å². The molecule has 4 amide bonds. The first-order valence-corrected chi connectivity index (χ1v) is 11.4. The van der Waals surface area contributed by atoms with Gasteiger partial charge >= 0.3 is 6.03 Å². The van der Waals surface area contributed by atoms with Crippen molar-refractivity contribution in [2.24, 2.45) is 0 Å². The minimum Gasteiger partial charge on any atom is -0.493 e. The number of amides is 4. The number of methoxy groups -OCH3 is 1. The van der Waals surface area contributed by atoms with Crippen LogP contribution in [0.1, 0.15) is 11.1 Å². The minimum absolute atomic E-state index is 0.111. The van der Waals surface area contributed by atoms with Gasteiger partial charge in [-0.1, -0.05) is 39.7 Å². The molecular weight excluding hydrogens is 543 g/mol. The first-order valence-electron chi connectivity index (χ1n) is 10.2. The highest BCUT2D eigenvalue weighted by molar-refractivity contribution is 9.10. The second kappa shape index (κ2) is 10.3. The molecule has 4 rings (SSSR count). The van der Waals surface area contributed by atoms with Crippen LogP contribution in [0.3, 0.4) is 0 Å². The van der Waals surface area contributed by atoms with E-state index in [-0.39, 0.29) is 28.6 Å². The fourth-order valence-corrected chi connectivity index (χ4v) is 3.89. The molecule has 0 aromatic heterocycles. The van der Waals surface area contributed by atoms with Crippen molar-refractivity contribution in [3.63, 3.8) is 0 Å². The molecule has 10 heteroatoms. The smallest absolute Gasteiger partial charge is 0.335 e. The van der Waals surface area contributed by atoms with Crippen LogP contribution in [0.2, 0.25) is 5.02 Å². The molecule has 1 aliphatic heterocycles. The number of carbonyl (C=O) groups is 3. The number of rotatable bonds is 6. The first-order chi connectivity index (χ1) is 16.8. The lowest BCUT2D eigenvalue weighted by molar-refractivity contribution is -0.122. The van der Waals surface area contributed by atoms with Crippen molar-refractivity contribution in [2.75, 3.05) is 12.0 Å². The Labute approximate surface area is 213 Å². The van der Waals surface area contributed by atoms with Crippen LogP contribution in [0, 0.1) is 5.82 Å². The van der Waals surface area contributed by atoms with Gasteiger partial charge in [0.05, 0.1) is 17.8 Å². The second-order valence-corrected chi connectivity index (χ2v) is 8.71. The zero-order valence-electron chi connectivity index (χ0n) is 18.2. The standard InChI is InChI=1S/C25H17BrClFN2O5/c1-34-21-12-15(11-20(27)22(21)35-13-14-2-4-16(26)5-3-14)10-19-23(31)29-25(33)30(24(19)32)18-8-6-17(28)7-9-18/h2-12H,13H2,1H3,(H,29,31,33)/b19-10+. The van der Waals surface area contributed by atoms with E-state index >= 15 is 0 Å². The summed E-state index contributed by atoms with van der Waals surface area (Å²) in [6, 6.07) is 14.4. The fourth-order valence-electron chi connectivity index (χ4n) is 3.35. The number of ether oxygens (including phenoxy) is 2. The maximum atomic E-state index is 13.3. The third-order valence-electron chi connectivity index (χ3n) is 5.05. The summed E-state index contributed by atoms with van der Waals surface area (Å²) in [5.74, 6) is -1.69. The van der Waals surface area contributed by atoms with Crippen LogP contribution >= 0.6 is 27.5 Å². The molecule has 1 saturated heterocycles. The predicted molar refractivity (Wildman–Crippen MR) is 132 cm³/mol. The van der Waals surface area contributed by atoms with Crippen molar-refractivity contribution in [2.45, 2.75) is 6.61 Å². The Kier molecular flexibility index (Phi) is 7.18. The summed E-state index contributed by atoms with van der Waals surface area (Å²) in [6.07, 6.45) is 1.29. The quantitative estimate of drug-likeness (QED) is 0.319. The van der Waals surface area contributed by atoms with Gasteiger partial charge in [0.1, 0.15) is 18.0 Å². The number of anilines is 1. The Balaban J connectivity index is 1.63. The number of nitrogens with zero attached hydrogens (tertiary/aromatic N) is 1. The first kappa shape index (κ1) is 24.4. The molecule has 3 aromatic rings. The lowest BCUT2D eigenvalue weighted by Crippen LogP contribution is -2.54. The zero-order chi connectivity index (χ0) is 25.1. The zero-order valence-corrected chi connectivity index (χ0v) is 20.5. The molecule has 1 aliphatic rings. The highest BCUT2D eigenvalue weighted by Gasteiger charge is 2.36. The highest BCUT2D eigenvalue weighted by Crippen LogP contribution is 2.38.